The van der Waals surface area contributed by atoms with Gasteiger partial charge in [-0.2, -0.15) is 0 Å². The summed E-state index contributed by atoms with van der Waals surface area (Å²) in [4.78, 5) is 14.3. The van der Waals surface area contributed by atoms with E-state index in [-0.39, 0.29) is 5.91 Å². The summed E-state index contributed by atoms with van der Waals surface area (Å²) in [6, 6.07) is 13.0. The molecule has 0 aromatic heterocycles. The molecule has 2 aromatic carbocycles. The first-order valence-electron chi connectivity index (χ1n) is 8.10. The van der Waals surface area contributed by atoms with Crippen molar-refractivity contribution >= 4 is 40.9 Å². The summed E-state index contributed by atoms with van der Waals surface area (Å²) in [5.74, 6) is 1.10. The Hall–Kier alpha value is -2.57. The second-order valence-corrected chi connectivity index (χ2v) is 6.64. The number of amides is 1. The maximum Gasteiger partial charge on any atom is 0.276 e. The van der Waals surface area contributed by atoms with Crippen LogP contribution in [0.1, 0.15) is 11.1 Å². The van der Waals surface area contributed by atoms with Crippen molar-refractivity contribution in [2.75, 3.05) is 13.2 Å². The van der Waals surface area contributed by atoms with E-state index < -0.39 is 0 Å². The van der Waals surface area contributed by atoms with Gasteiger partial charge in [0.2, 0.25) is 0 Å². The molecule has 0 bridgehead atoms. The van der Waals surface area contributed by atoms with Gasteiger partial charge in [0.05, 0.1) is 6.54 Å². The van der Waals surface area contributed by atoms with Gasteiger partial charge >= 0.3 is 0 Å². The normalized spacial score (nSPS) is 17.6. The molecule has 0 aliphatic carbocycles. The number of halogens is 1. The highest BCUT2D eigenvalue weighted by Gasteiger charge is 2.31. The molecule has 0 unspecified atom stereocenters. The highest BCUT2D eigenvalue weighted by molar-refractivity contribution is 7.80. The smallest absolute Gasteiger partial charge is 0.276 e. The van der Waals surface area contributed by atoms with Gasteiger partial charge < -0.3 is 14.8 Å². The molecule has 4 rings (SSSR count). The maximum absolute atomic E-state index is 12.8. The van der Waals surface area contributed by atoms with E-state index in [0.29, 0.717) is 47.1 Å². The summed E-state index contributed by atoms with van der Waals surface area (Å²) in [5, 5.41) is 3.93. The summed E-state index contributed by atoms with van der Waals surface area (Å²) in [5.41, 5.74) is 1.99. The molecule has 2 aliphatic rings. The third-order valence-corrected chi connectivity index (χ3v) is 4.84. The Bertz CT molecular complexity index is 929. The quantitative estimate of drug-likeness (QED) is 0.647. The van der Waals surface area contributed by atoms with Gasteiger partial charge in [0, 0.05) is 10.6 Å². The van der Waals surface area contributed by atoms with E-state index in [1.165, 1.54) is 4.90 Å². The Kier molecular flexibility index (Phi) is 4.53. The van der Waals surface area contributed by atoms with Crippen LogP contribution in [0, 0.1) is 0 Å². The van der Waals surface area contributed by atoms with E-state index in [0.717, 1.165) is 11.1 Å². The fourth-order valence-corrected chi connectivity index (χ4v) is 3.33. The van der Waals surface area contributed by atoms with E-state index in [9.17, 15) is 4.79 Å². The fraction of sp³-hybridized carbons (Fsp3) is 0.158. The number of carbonyl (C=O) groups is 1. The third kappa shape index (κ3) is 3.13. The van der Waals surface area contributed by atoms with Crippen molar-refractivity contribution in [2.24, 2.45) is 0 Å². The van der Waals surface area contributed by atoms with Crippen molar-refractivity contribution in [1.82, 2.24) is 10.2 Å². The molecule has 7 heteroatoms. The van der Waals surface area contributed by atoms with Crippen molar-refractivity contribution in [3.63, 3.8) is 0 Å². The first-order valence-corrected chi connectivity index (χ1v) is 8.88. The van der Waals surface area contributed by atoms with Crippen molar-refractivity contribution in [1.29, 1.82) is 0 Å². The van der Waals surface area contributed by atoms with Crippen LogP contribution >= 0.6 is 23.8 Å². The minimum atomic E-state index is -0.204. The molecule has 2 aromatic rings. The van der Waals surface area contributed by atoms with Crippen LogP contribution in [-0.4, -0.2) is 29.1 Å². The third-order valence-electron chi connectivity index (χ3n) is 4.15. The molecular weight excluding hydrogens is 372 g/mol. The standard InChI is InChI=1S/C19H15ClN2O3S/c20-14-6-2-1-4-13(14)11-22-18(23)15(21-19(22)26)10-12-5-3-7-16-17(12)25-9-8-24-16/h1-7,10H,8-9,11H2,(H,21,26)/b15-10-. The van der Waals surface area contributed by atoms with Crippen LogP contribution in [0.15, 0.2) is 48.2 Å². The predicted molar refractivity (Wildman–Crippen MR) is 103 cm³/mol. The average molecular weight is 387 g/mol. The number of hydrogen-bond donors (Lipinski definition) is 1. The minimum absolute atomic E-state index is 0.204. The van der Waals surface area contributed by atoms with Crippen LogP contribution in [0.2, 0.25) is 5.02 Å². The Morgan fingerprint density at radius 1 is 1.15 bits per heavy atom. The Labute approximate surface area is 161 Å². The number of hydrogen-bond acceptors (Lipinski definition) is 4. The number of para-hydroxylation sites is 1. The summed E-state index contributed by atoms with van der Waals surface area (Å²) in [6.07, 6.45) is 1.73. The number of thiocarbonyl (C=S) groups is 1. The molecule has 0 spiro atoms. The van der Waals surface area contributed by atoms with Crippen LogP contribution < -0.4 is 14.8 Å². The molecule has 1 saturated heterocycles. The van der Waals surface area contributed by atoms with Crippen molar-refractivity contribution in [3.8, 4) is 11.5 Å². The molecule has 0 radical (unpaired) electrons. The Morgan fingerprint density at radius 2 is 1.96 bits per heavy atom. The number of fused-ring (bicyclic) bond motifs is 1. The number of rotatable bonds is 3. The molecule has 2 heterocycles. The fourth-order valence-electron chi connectivity index (χ4n) is 2.88. The molecule has 5 nitrogen and oxygen atoms in total. The topological polar surface area (TPSA) is 50.8 Å². The maximum atomic E-state index is 12.8. The summed E-state index contributed by atoms with van der Waals surface area (Å²) in [7, 11) is 0. The second kappa shape index (κ2) is 6.97. The van der Waals surface area contributed by atoms with Gasteiger partial charge in [0.1, 0.15) is 18.9 Å². The van der Waals surface area contributed by atoms with Crippen LogP contribution in [0.4, 0.5) is 0 Å². The van der Waals surface area contributed by atoms with Crippen molar-refractivity contribution < 1.29 is 14.3 Å². The van der Waals surface area contributed by atoms with Gasteiger partial charge in [-0.05, 0) is 36.0 Å². The summed E-state index contributed by atoms with van der Waals surface area (Å²) < 4.78 is 11.3. The first-order chi connectivity index (χ1) is 12.6. The minimum Gasteiger partial charge on any atom is -0.486 e. The lowest BCUT2D eigenvalue weighted by Crippen LogP contribution is -2.30. The zero-order valence-corrected chi connectivity index (χ0v) is 15.3. The van der Waals surface area contributed by atoms with Gasteiger partial charge in [0.15, 0.2) is 16.6 Å². The zero-order chi connectivity index (χ0) is 18.1. The van der Waals surface area contributed by atoms with Crippen molar-refractivity contribution in [2.45, 2.75) is 6.54 Å². The summed E-state index contributed by atoms with van der Waals surface area (Å²) in [6.45, 7) is 1.31. The van der Waals surface area contributed by atoms with Crippen LogP contribution in [0.5, 0.6) is 11.5 Å². The molecule has 0 saturated carbocycles. The Morgan fingerprint density at radius 3 is 2.81 bits per heavy atom. The largest absolute Gasteiger partial charge is 0.486 e. The number of benzene rings is 2. The first kappa shape index (κ1) is 16.9. The molecule has 132 valence electrons. The molecule has 0 atom stereocenters. The van der Waals surface area contributed by atoms with Crippen LogP contribution in [0.25, 0.3) is 6.08 Å². The lowest BCUT2D eigenvalue weighted by atomic mass is 10.1. The van der Waals surface area contributed by atoms with Crippen molar-refractivity contribution in [3.05, 3.63) is 64.3 Å². The monoisotopic (exact) mass is 386 g/mol. The van der Waals surface area contributed by atoms with E-state index in [1.807, 2.05) is 36.4 Å². The second-order valence-electron chi connectivity index (χ2n) is 5.84. The van der Waals surface area contributed by atoms with Crippen LogP contribution in [0.3, 0.4) is 0 Å². The lowest BCUT2D eigenvalue weighted by molar-refractivity contribution is -0.122. The number of carbonyl (C=O) groups excluding carboxylic acids is 1. The summed E-state index contributed by atoms with van der Waals surface area (Å²) >= 11 is 11.5. The molecule has 1 fully saturated rings. The highest BCUT2D eigenvalue weighted by atomic mass is 35.5. The highest BCUT2D eigenvalue weighted by Crippen LogP contribution is 2.35. The van der Waals surface area contributed by atoms with E-state index in [2.05, 4.69) is 5.32 Å². The van der Waals surface area contributed by atoms with E-state index in [4.69, 9.17) is 33.3 Å². The molecule has 1 amide bonds. The zero-order valence-electron chi connectivity index (χ0n) is 13.7. The van der Waals surface area contributed by atoms with Crippen LogP contribution in [-0.2, 0) is 11.3 Å². The number of ether oxygens (including phenoxy) is 2. The van der Waals surface area contributed by atoms with Gasteiger partial charge in [-0.15, -0.1) is 0 Å². The number of nitrogens with zero attached hydrogens (tertiary/aromatic N) is 1. The van der Waals surface area contributed by atoms with Gasteiger partial charge in [-0.1, -0.05) is 41.9 Å². The molecule has 2 aliphatic heterocycles. The lowest BCUT2D eigenvalue weighted by Gasteiger charge is -2.19. The van der Waals surface area contributed by atoms with E-state index in [1.54, 1.807) is 12.1 Å². The average Bonchev–Trinajstić information content (AvgIpc) is 2.91. The van der Waals surface area contributed by atoms with E-state index >= 15 is 0 Å². The molecular formula is C19H15ClN2O3S. The van der Waals surface area contributed by atoms with Gasteiger partial charge in [0.25, 0.3) is 5.91 Å². The Balaban J connectivity index is 1.62. The predicted octanol–water partition coefficient (Wildman–Crippen LogP) is 3.37. The molecule has 26 heavy (non-hydrogen) atoms. The van der Waals surface area contributed by atoms with Gasteiger partial charge in [-0.3, -0.25) is 9.69 Å². The number of nitrogens with one attached hydrogen (secondary N) is 1. The van der Waals surface area contributed by atoms with Gasteiger partial charge in [-0.25, -0.2) is 0 Å². The SMILES string of the molecule is O=C1/C(=C/c2cccc3c2OCCO3)NC(=S)N1Cc1ccccc1Cl. The molecule has 1 N–H and O–H groups in total.